The average Bonchev–Trinajstić information content (AvgIpc) is 3.01. The third-order valence-electron chi connectivity index (χ3n) is 5.09. The summed E-state index contributed by atoms with van der Waals surface area (Å²) in [5, 5.41) is 4.84. The molecule has 138 valence electrons. The Hall–Kier alpha value is -0.690. The zero-order valence-corrected chi connectivity index (χ0v) is 15.5. The molecule has 2 fully saturated rings. The molecule has 2 heterocycles. The Labute approximate surface area is 150 Å². The highest BCUT2D eigenvalue weighted by Gasteiger charge is 2.28. The van der Waals surface area contributed by atoms with Gasteiger partial charge >= 0.3 is 0 Å². The van der Waals surface area contributed by atoms with E-state index in [1.54, 1.807) is 0 Å². The lowest BCUT2D eigenvalue weighted by molar-refractivity contribution is 0.0834. The Morgan fingerprint density at radius 1 is 1.12 bits per heavy atom. The van der Waals surface area contributed by atoms with Crippen LogP contribution in [0, 0.1) is 0 Å². The maximum Gasteiger partial charge on any atom is 0.154 e. The first kappa shape index (κ1) is 19.6. The van der Waals surface area contributed by atoms with Gasteiger partial charge in [0.25, 0.3) is 0 Å². The Kier molecular flexibility index (Phi) is 7.94. The minimum atomic E-state index is 0. The smallest absolute Gasteiger partial charge is 0.154 e. The molecule has 0 amide bonds. The van der Waals surface area contributed by atoms with E-state index in [4.69, 9.17) is 25.3 Å². The van der Waals surface area contributed by atoms with Gasteiger partial charge in [0, 0.05) is 37.7 Å². The molecule has 24 heavy (non-hydrogen) atoms. The van der Waals surface area contributed by atoms with Crippen molar-refractivity contribution in [3.63, 3.8) is 0 Å². The molecule has 0 bridgehead atoms. The van der Waals surface area contributed by atoms with Crippen molar-refractivity contribution in [2.45, 2.75) is 69.9 Å². The van der Waals surface area contributed by atoms with E-state index in [0.717, 1.165) is 76.5 Å². The fraction of sp³-hybridized carbons (Fsp3) is 0.882. The van der Waals surface area contributed by atoms with Crippen LogP contribution < -0.4 is 5.73 Å². The predicted molar refractivity (Wildman–Crippen MR) is 95.7 cm³/mol. The van der Waals surface area contributed by atoms with Crippen molar-refractivity contribution in [2.24, 2.45) is 5.73 Å². The summed E-state index contributed by atoms with van der Waals surface area (Å²) in [5.41, 5.74) is 6.06. The summed E-state index contributed by atoms with van der Waals surface area (Å²) < 4.78 is 13.1. The average molecular weight is 359 g/mol. The molecule has 3 rings (SSSR count). The van der Waals surface area contributed by atoms with Gasteiger partial charge in [0.15, 0.2) is 5.82 Å². The lowest BCUT2D eigenvalue weighted by Crippen LogP contribution is -2.27. The standard InChI is InChI=1S/C17H30N4O2.ClH/c1-2-22-12-9-21-17(14-3-5-15(18)6-4-14)19-16(20-21)13-7-10-23-11-8-13;/h13-15H,2-12,18H2,1H3;1H. The highest BCUT2D eigenvalue weighted by molar-refractivity contribution is 5.85. The topological polar surface area (TPSA) is 75.2 Å². The van der Waals surface area contributed by atoms with Crippen LogP contribution in [-0.2, 0) is 16.0 Å². The quantitative estimate of drug-likeness (QED) is 0.791. The SMILES string of the molecule is CCOCCn1nc(C2CCOCC2)nc1C1CCC(N)CC1.Cl. The molecule has 1 aromatic heterocycles. The summed E-state index contributed by atoms with van der Waals surface area (Å²) in [6, 6.07) is 0.362. The predicted octanol–water partition coefficient (Wildman–Crippen LogP) is 2.62. The molecule has 0 spiro atoms. The molecule has 0 unspecified atom stereocenters. The molecule has 0 aromatic carbocycles. The third-order valence-corrected chi connectivity index (χ3v) is 5.09. The van der Waals surface area contributed by atoms with Crippen LogP contribution in [0.3, 0.4) is 0 Å². The Balaban J connectivity index is 0.00000208. The Bertz CT molecular complexity index is 483. The lowest BCUT2D eigenvalue weighted by Gasteiger charge is -2.25. The number of ether oxygens (including phenoxy) is 2. The van der Waals surface area contributed by atoms with Crippen molar-refractivity contribution < 1.29 is 9.47 Å². The molecule has 1 aromatic rings. The van der Waals surface area contributed by atoms with Gasteiger partial charge in [-0.3, -0.25) is 0 Å². The maximum absolute atomic E-state index is 6.06. The van der Waals surface area contributed by atoms with E-state index in [0.29, 0.717) is 24.5 Å². The monoisotopic (exact) mass is 358 g/mol. The number of aromatic nitrogens is 3. The number of nitrogens with two attached hydrogens (primary N) is 1. The number of hydrogen-bond acceptors (Lipinski definition) is 5. The summed E-state index contributed by atoms with van der Waals surface area (Å²) in [6.07, 6.45) is 6.50. The van der Waals surface area contributed by atoms with Crippen LogP contribution in [0.4, 0.5) is 0 Å². The van der Waals surface area contributed by atoms with Crippen LogP contribution in [0.5, 0.6) is 0 Å². The van der Waals surface area contributed by atoms with Crippen molar-refractivity contribution in [3.8, 4) is 0 Å². The van der Waals surface area contributed by atoms with Crippen molar-refractivity contribution in [1.82, 2.24) is 14.8 Å². The highest BCUT2D eigenvalue weighted by Crippen LogP contribution is 2.33. The molecule has 1 saturated heterocycles. The molecule has 1 saturated carbocycles. The van der Waals surface area contributed by atoms with Crippen LogP contribution in [-0.4, -0.2) is 47.2 Å². The van der Waals surface area contributed by atoms with Gasteiger partial charge in [-0.1, -0.05) is 0 Å². The van der Waals surface area contributed by atoms with Crippen LogP contribution in [0.1, 0.15) is 68.9 Å². The fourth-order valence-corrected chi connectivity index (χ4v) is 3.64. The first-order valence-corrected chi connectivity index (χ1v) is 9.13. The maximum atomic E-state index is 6.06. The Morgan fingerprint density at radius 3 is 2.50 bits per heavy atom. The summed E-state index contributed by atoms with van der Waals surface area (Å²) >= 11 is 0. The van der Waals surface area contributed by atoms with Crippen molar-refractivity contribution in [1.29, 1.82) is 0 Å². The van der Waals surface area contributed by atoms with Gasteiger partial charge in [0.1, 0.15) is 5.82 Å². The van der Waals surface area contributed by atoms with Gasteiger partial charge in [-0.05, 0) is 45.4 Å². The minimum Gasteiger partial charge on any atom is -0.381 e. The molecule has 7 heteroatoms. The van der Waals surface area contributed by atoms with E-state index in [1.807, 2.05) is 6.92 Å². The van der Waals surface area contributed by atoms with Crippen LogP contribution >= 0.6 is 12.4 Å². The van der Waals surface area contributed by atoms with Gasteiger partial charge in [-0.25, -0.2) is 9.67 Å². The normalized spacial score (nSPS) is 25.4. The molecule has 6 nitrogen and oxygen atoms in total. The fourth-order valence-electron chi connectivity index (χ4n) is 3.64. The number of halogens is 1. The summed E-state index contributed by atoms with van der Waals surface area (Å²) in [4.78, 5) is 4.96. The number of hydrogen-bond donors (Lipinski definition) is 1. The first-order chi connectivity index (χ1) is 11.3. The van der Waals surface area contributed by atoms with Crippen LogP contribution in [0.2, 0.25) is 0 Å². The first-order valence-electron chi connectivity index (χ1n) is 9.13. The molecule has 2 N–H and O–H groups in total. The summed E-state index contributed by atoms with van der Waals surface area (Å²) in [7, 11) is 0. The summed E-state index contributed by atoms with van der Waals surface area (Å²) in [5.74, 6) is 3.10. The van der Waals surface area contributed by atoms with Crippen LogP contribution in [0.15, 0.2) is 0 Å². The lowest BCUT2D eigenvalue weighted by atomic mass is 9.86. The van der Waals surface area contributed by atoms with E-state index in [2.05, 4.69) is 4.68 Å². The van der Waals surface area contributed by atoms with Crippen molar-refractivity contribution in [2.75, 3.05) is 26.4 Å². The van der Waals surface area contributed by atoms with Gasteiger partial charge in [-0.15, -0.1) is 12.4 Å². The molecule has 1 aliphatic heterocycles. The zero-order valence-electron chi connectivity index (χ0n) is 14.7. The van der Waals surface area contributed by atoms with Gasteiger partial charge in [0.2, 0.25) is 0 Å². The number of rotatable bonds is 6. The summed E-state index contributed by atoms with van der Waals surface area (Å²) in [6.45, 7) is 5.92. The number of nitrogens with zero attached hydrogens (tertiary/aromatic N) is 3. The van der Waals surface area contributed by atoms with E-state index >= 15 is 0 Å². The van der Waals surface area contributed by atoms with E-state index < -0.39 is 0 Å². The van der Waals surface area contributed by atoms with Gasteiger partial charge < -0.3 is 15.2 Å². The highest BCUT2D eigenvalue weighted by atomic mass is 35.5. The second-order valence-corrected chi connectivity index (χ2v) is 6.75. The molecule has 0 radical (unpaired) electrons. The van der Waals surface area contributed by atoms with Crippen molar-refractivity contribution >= 4 is 12.4 Å². The van der Waals surface area contributed by atoms with Gasteiger partial charge in [0.05, 0.1) is 13.2 Å². The molecular weight excluding hydrogens is 328 g/mol. The zero-order chi connectivity index (χ0) is 16.1. The second kappa shape index (κ2) is 9.70. The van der Waals surface area contributed by atoms with Crippen molar-refractivity contribution in [3.05, 3.63) is 11.6 Å². The minimum absolute atomic E-state index is 0. The van der Waals surface area contributed by atoms with E-state index in [1.165, 1.54) is 0 Å². The van der Waals surface area contributed by atoms with Crippen LogP contribution in [0.25, 0.3) is 0 Å². The Morgan fingerprint density at radius 2 is 1.83 bits per heavy atom. The largest absolute Gasteiger partial charge is 0.381 e. The molecular formula is C17H31ClN4O2. The molecule has 2 aliphatic rings. The third kappa shape index (κ3) is 4.91. The molecule has 1 aliphatic carbocycles. The second-order valence-electron chi connectivity index (χ2n) is 6.75. The van der Waals surface area contributed by atoms with E-state index in [9.17, 15) is 0 Å². The molecule has 0 atom stereocenters. The van der Waals surface area contributed by atoms with E-state index in [-0.39, 0.29) is 12.4 Å². The van der Waals surface area contributed by atoms with Gasteiger partial charge in [-0.2, -0.15) is 5.10 Å².